The lowest BCUT2D eigenvalue weighted by atomic mass is 10.0. The summed E-state index contributed by atoms with van der Waals surface area (Å²) in [6, 6.07) is 0.260. The molecule has 2 heterocycles. The van der Waals surface area contributed by atoms with Crippen LogP contribution in [0.4, 0.5) is 0 Å². The first-order valence-electron chi connectivity index (χ1n) is 7.21. The molecular formula is C15H25N5O. The lowest BCUT2D eigenvalue weighted by molar-refractivity contribution is 0.396. The molecule has 0 fully saturated rings. The van der Waals surface area contributed by atoms with Crippen molar-refractivity contribution in [2.24, 2.45) is 7.05 Å². The zero-order valence-corrected chi connectivity index (χ0v) is 13.9. The van der Waals surface area contributed by atoms with Gasteiger partial charge in [0, 0.05) is 24.3 Å². The number of aryl methyl sites for hydroxylation is 2. The molecule has 2 aromatic heterocycles. The van der Waals surface area contributed by atoms with E-state index in [-0.39, 0.29) is 12.1 Å². The van der Waals surface area contributed by atoms with Crippen molar-refractivity contribution in [2.75, 3.05) is 14.2 Å². The smallest absolute Gasteiger partial charge is 0.161 e. The molecule has 6 heteroatoms. The van der Waals surface area contributed by atoms with Crippen LogP contribution < -0.4 is 10.1 Å². The molecule has 6 nitrogen and oxygen atoms in total. The third-order valence-electron chi connectivity index (χ3n) is 3.92. The number of nitrogens with one attached hydrogen (secondary N) is 1. The highest BCUT2D eigenvalue weighted by Gasteiger charge is 2.28. The average Bonchev–Trinajstić information content (AvgIpc) is 2.96. The standard InChI is InChI=1S/C15H25N5O/c1-9(2)20-15(12(21-7)8-17-20)14(16-5)13-10(3)18-19(6)11(13)4/h8-9,14,16H,1-7H3. The van der Waals surface area contributed by atoms with Gasteiger partial charge in [-0.05, 0) is 34.7 Å². The fraction of sp³-hybridized carbons (Fsp3) is 0.600. The Kier molecular flexibility index (Phi) is 4.37. The van der Waals surface area contributed by atoms with Gasteiger partial charge < -0.3 is 10.1 Å². The topological polar surface area (TPSA) is 56.9 Å². The number of methoxy groups -OCH3 is 1. The molecule has 0 radical (unpaired) electrons. The highest BCUT2D eigenvalue weighted by molar-refractivity contribution is 5.40. The van der Waals surface area contributed by atoms with E-state index in [1.54, 1.807) is 13.3 Å². The molecule has 0 spiro atoms. The van der Waals surface area contributed by atoms with E-state index in [0.717, 1.165) is 22.8 Å². The van der Waals surface area contributed by atoms with Crippen LogP contribution in [0, 0.1) is 13.8 Å². The maximum Gasteiger partial charge on any atom is 0.161 e. The highest BCUT2D eigenvalue weighted by atomic mass is 16.5. The zero-order chi connectivity index (χ0) is 15.7. The number of rotatable bonds is 5. The molecule has 21 heavy (non-hydrogen) atoms. The molecule has 0 amide bonds. The lowest BCUT2D eigenvalue weighted by Crippen LogP contribution is -2.24. The van der Waals surface area contributed by atoms with E-state index < -0.39 is 0 Å². The number of hydrogen-bond donors (Lipinski definition) is 1. The van der Waals surface area contributed by atoms with Gasteiger partial charge in [-0.1, -0.05) is 0 Å². The van der Waals surface area contributed by atoms with Crippen LogP contribution in [0.25, 0.3) is 0 Å². The van der Waals surface area contributed by atoms with Gasteiger partial charge in [0.2, 0.25) is 0 Å². The van der Waals surface area contributed by atoms with Crippen molar-refractivity contribution >= 4 is 0 Å². The molecule has 0 aromatic carbocycles. The van der Waals surface area contributed by atoms with Gasteiger partial charge in [0.25, 0.3) is 0 Å². The Hall–Kier alpha value is -1.82. The molecule has 0 bridgehead atoms. The Morgan fingerprint density at radius 3 is 2.38 bits per heavy atom. The van der Waals surface area contributed by atoms with Crippen LogP contribution in [-0.4, -0.2) is 33.7 Å². The van der Waals surface area contributed by atoms with Crippen molar-refractivity contribution in [2.45, 2.75) is 39.8 Å². The average molecular weight is 291 g/mol. The second-order valence-corrected chi connectivity index (χ2v) is 5.57. The fourth-order valence-corrected chi connectivity index (χ4v) is 2.82. The maximum atomic E-state index is 5.52. The summed E-state index contributed by atoms with van der Waals surface area (Å²) < 4.78 is 9.44. The molecule has 116 valence electrons. The van der Waals surface area contributed by atoms with Gasteiger partial charge in [-0.25, -0.2) is 0 Å². The summed E-state index contributed by atoms with van der Waals surface area (Å²) in [5, 5.41) is 12.4. The fourth-order valence-electron chi connectivity index (χ4n) is 2.82. The van der Waals surface area contributed by atoms with Crippen molar-refractivity contribution in [3.8, 4) is 5.75 Å². The first kappa shape index (κ1) is 15.6. The first-order chi connectivity index (χ1) is 9.92. The second kappa shape index (κ2) is 5.89. The largest absolute Gasteiger partial charge is 0.493 e. The lowest BCUT2D eigenvalue weighted by Gasteiger charge is -2.21. The van der Waals surface area contributed by atoms with Crippen LogP contribution in [0.15, 0.2) is 6.20 Å². The quantitative estimate of drug-likeness (QED) is 0.917. The minimum Gasteiger partial charge on any atom is -0.493 e. The number of ether oxygens (including phenoxy) is 1. The SMILES string of the molecule is CNC(c1c(C)nn(C)c1C)c1c(OC)cnn1C(C)C. The second-order valence-electron chi connectivity index (χ2n) is 5.57. The Balaban J connectivity index is 2.64. The number of aromatic nitrogens is 4. The van der Waals surface area contributed by atoms with Crippen molar-refractivity contribution < 1.29 is 4.74 Å². The van der Waals surface area contributed by atoms with Crippen LogP contribution in [0.1, 0.15) is 48.6 Å². The summed E-state index contributed by atoms with van der Waals surface area (Å²) in [6.45, 7) is 8.36. The van der Waals surface area contributed by atoms with Gasteiger partial charge in [-0.3, -0.25) is 9.36 Å². The highest BCUT2D eigenvalue weighted by Crippen LogP contribution is 2.34. The van der Waals surface area contributed by atoms with E-state index >= 15 is 0 Å². The predicted octanol–water partition coefficient (Wildman–Crippen LogP) is 2.13. The molecule has 1 atom stereocenters. The third-order valence-corrected chi connectivity index (χ3v) is 3.92. The maximum absolute atomic E-state index is 5.52. The normalized spacial score (nSPS) is 13.0. The molecule has 1 unspecified atom stereocenters. The number of nitrogens with zero attached hydrogens (tertiary/aromatic N) is 4. The summed E-state index contributed by atoms with van der Waals surface area (Å²) in [4.78, 5) is 0. The molecule has 2 aromatic rings. The summed E-state index contributed by atoms with van der Waals surface area (Å²) >= 11 is 0. The minimum absolute atomic E-state index is 0.00134. The zero-order valence-electron chi connectivity index (χ0n) is 13.9. The minimum atomic E-state index is -0.00134. The molecule has 0 aliphatic carbocycles. The monoisotopic (exact) mass is 291 g/mol. The van der Waals surface area contributed by atoms with Gasteiger partial charge in [-0.2, -0.15) is 10.2 Å². The van der Waals surface area contributed by atoms with E-state index in [1.165, 1.54) is 5.56 Å². The molecule has 0 saturated carbocycles. The molecule has 1 N–H and O–H groups in total. The van der Waals surface area contributed by atoms with Crippen LogP contribution in [-0.2, 0) is 7.05 Å². The number of hydrogen-bond acceptors (Lipinski definition) is 4. The van der Waals surface area contributed by atoms with Crippen LogP contribution in [0.5, 0.6) is 5.75 Å². The van der Waals surface area contributed by atoms with Gasteiger partial charge in [0.05, 0.1) is 25.0 Å². The van der Waals surface area contributed by atoms with Crippen LogP contribution in [0.3, 0.4) is 0 Å². The van der Waals surface area contributed by atoms with Gasteiger partial charge in [-0.15, -0.1) is 0 Å². The molecule has 2 rings (SSSR count). The van der Waals surface area contributed by atoms with Crippen molar-refractivity contribution in [3.05, 3.63) is 28.8 Å². The van der Waals surface area contributed by atoms with Gasteiger partial charge in [0.1, 0.15) is 5.69 Å². The third kappa shape index (κ3) is 2.55. The Labute approximate surface area is 126 Å². The summed E-state index contributed by atoms with van der Waals surface area (Å²) in [7, 11) is 5.60. The first-order valence-corrected chi connectivity index (χ1v) is 7.21. The summed E-state index contributed by atoms with van der Waals surface area (Å²) in [6.07, 6.45) is 1.78. The van der Waals surface area contributed by atoms with Crippen molar-refractivity contribution in [3.63, 3.8) is 0 Å². The van der Waals surface area contributed by atoms with E-state index in [4.69, 9.17) is 4.74 Å². The molecule has 0 aliphatic heterocycles. The Morgan fingerprint density at radius 2 is 1.95 bits per heavy atom. The predicted molar refractivity (Wildman–Crippen MR) is 82.7 cm³/mol. The van der Waals surface area contributed by atoms with Crippen LogP contribution >= 0.6 is 0 Å². The van der Waals surface area contributed by atoms with Crippen molar-refractivity contribution in [1.29, 1.82) is 0 Å². The van der Waals surface area contributed by atoms with E-state index in [2.05, 4.69) is 36.3 Å². The van der Waals surface area contributed by atoms with E-state index in [9.17, 15) is 0 Å². The summed E-state index contributed by atoms with van der Waals surface area (Å²) in [5.74, 6) is 0.797. The van der Waals surface area contributed by atoms with Crippen LogP contribution in [0.2, 0.25) is 0 Å². The van der Waals surface area contributed by atoms with Crippen molar-refractivity contribution in [1.82, 2.24) is 24.9 Å². The van der Waals surface area contributed by atoms with Gasteiger partial charge >= 0.3 is 0 Å². The van der Waals surface area contributed by atoms with E-state index in [0.29, 0.717) is 0 Å². The Bertz CT molecular complexity index is 626. The Morgan fingerprint density at radius 1 is 1.29 bits per heavy atom. The molecule has 0 aliphatic rings. The summed E-state index contributed by atoms with van der Waals surface area (Å²) in [5.41, 5.74) is 4.38. The molecular weight excluding hydrogens is 266 g/mol. The van der Waals surface area contributed by atoms with Gasteiger partial charge in [0.15, 0.2) is 5.75 Å². The van der Waals surface area contributed by atoms with E-state index in [1.807, 2.05) is 30.4 Å². The molecule has 0 saturated heterocycles.